The smallest absolute Gasteiger partial charge is 0.342 e. The molecule has 0 spiro atoms. The summed E-state index contributed by atoms with van der Waals surface area (Å²) in [5.41, 5.74) is 0.329. The maximum atomic E-state index is 11.3. The van der Waals surface area contributed by atoms with Crippen molar-refractivity contribution in [3.63, 3.8) is 0 Å². The van der Waals surface area contributed by atoms with Crippen LogP contribution in [0.5, 0.6) is 0 Å². The first-order valence-electron chi connectivity index (χ1n) is 8.06. The lowest BCUT2D eigenvalue weighted by atomic mass is 10.3. The summed E-state index contributed by atoms with van der Waals surface area (Å²) in [6.45, 7) is 3.94. The van der Waals surface area contributed by atoms with Crippen LogP contribution in [0.2, 0.25) is 5.15 Å². The molecule has 0 aliphatic carbocycles. The van der Waals surface area contributed by atoms with Crippen molar-refractivity contribution < 1.29 is 27.5 Å². The van der Waals surface area contributed by atoms with Crippen molar-refractivity contribution in [1.29, 1.82) is 0 Å². The molecule has 2 aromatic rings. The standard InChI is InChI=1S/C8H9ClN2O2S.C8H10N2O4S/c1-3-13-7(12)5-4-10-8(14-2)11-6(5)9;1-3-14-7(11)6-4-9-8(10-5-6)15(2,12)13/h4H,3H2,1-2H3;4-5H,3H2,1-2H3. The summed E-state index contributed by atoms with van der Waals surface area (Å²) in [7, 11) is -3.43. The molecule has 0 atom stereocenters. The number of ether oxygens (including phenoxy) is 2. The first-order chi connectivity index (χ1) is 13.6. The minimum Gasteiger partial charge on any atom is -0.462 e. The second-order valence-corrected chi connectivity index (χ2v) is 8.07. The Hall–Kier alpha value is -2.31. The van der Waals surface area contributed by atoms with E-state index in [0.717, 1.165) is 18.6 Å². The van der Waals surface area contributed by atoms with E-state index in [1.54, 1.807) is 13.8 Å². The Labute approximate surface area is 177 Å². The van der Waals surface area contributed by atoms with Gasteiger partial charge in [-0.1, -0.05) is 23.4 Å². The number of carbonyl (C=O) groups excluding carboxylic acids is 2. The molecule has 0 fully saturated rings. The summed E-state index contributed by atoms with van der Waals surface area (Å²) >= 11 is 7.13. The molecule has 0 bridgehead atoms. The normalized spacial score (nSPS) is 10.5. The van der Waals surface area contributed by atoms with Gasteiger partial charge in [-0.15, -0.1) is 0 Å². The largest absolute Gasteiger partial charge is 0.462 e. The van der Waals surface area contributed by atoms with Crippen molar-refractivity contribution in [1.82, 2.24) is 19.9 Å². The van der Waals surface area contributed by atoms with Gasteiger partial charge < -0.3 is 9.47 Å². The highest BCUT2D eigenvalue weighted by Gasteiger charge is 2.14. The summed E-state index contributed by atoms with van der Waals surface area (Å²) in [5, 5.41) is 0.349. The average Bonchev–Trinajstić information content (AvgIpc) is 2.68. The number of rotatable bonds is 6. The van der Waals surface area contributed by atoms with E-state index >= 15 is 0 Å². The zero-order chi connectivity index (χ0) is 22.0. The molecule has 0 aliphatic heterocycles. The van der Waals surface area contributed by atoms with Crippen LogP contribution >= 0.6 is 23.4 Å². The quantitative estimate of drug-likeness (QED) is 0.270. The topological polar surface area (TPSA) is 138 Å². The molecule has 0 saturated heterocycles. The summed E-state index contributed by atoms with van der Waals surface area (Å²) < 4.78 is 31.5. The Morgan fingerprint density at radius 3 is 2.03 bits per heavy atom. The molecule has 2 rings (SSSR count). The van der Waals surface area contributed by atoms with Crippen LogP contribution in [0.4, 0.5) is 0 Å². The molecule has 0 N–H and O–H groups in total. The molecule has 0 aliphatic rings. The van der Waals surface area contributed by atoms with Crippen molar-refractivity contribution in [2.75, 3.05) is 25.7 Å². The SMILES string of the molecule is CCOC(=O)c1cnc(S(C)(=O)=O)nc1.CCOC(=O)c1cnc(SC)nc1Cl. The number of aromatic nitrogens is 4. The van der Waals surface area contributed by atoms with Gasteiger partial charge in [-0.05, 0) is 20.1 Å². The third-order valence-electron chi connectivity index (χ3n) is 2.87. The summed E-state index contributed by atoms with van der Waals surface area (Å²) in [5.74, 6) is -1.07. The molecule has 158 valence electrons. The van der Waals surface area contributed by atoms with E-state index in [1.807, 2.05) is 6.26 Å². The van der Waals surface area contributed by atoms with E-state index in [-0.39, 0.29) is 28.0 Å². The Balaban J connectivity index is 0.000000291. The number of nitrogens with zero attached hydrogens (tertiary/aromatic N) is 4. The summed E-state index contributed by atoms with van der Waals surface area (Å²) in [4.78, 5) is 37.4. The molecular formula is C16H19ClN4O6S2. The van der Waals surface area contributed by atoms with Crippen LogP contribution in [0, 0.1) is 0 Å². The van der Waals surface area contributed by atoms with Gasteiger partial charge in [0.25, 0.3) is 0 Å². The van der Waals surface area contributed by atoms with Gasteiger partial charge in [0.1, 0.15) is 10.7 Å². The first-order valence-corrected chi connectivity index (χ1v) is 11.6. The number of hydrogen-bond acceptors (Lipinski definition) is 11. The predicted octanol–water partition coefficient (Wildman–Crippen LogP) is 2.09. The second kappa shape index (κ2) is 11.6. The van der Waals surface area contributed by atoms with E-state index in [2.05, 4.69) is 24.7 Å². The van der Waals surface area contributed by atoms with Crippen molar-refractivity contribution >= 4 is 45.1 Å². The molecule has 0 radical (unpaired) electrons. The lowest BCUT2D eigenvalue weighted by molar-refractivity contribution is 0.0515. The van der Waals surface area contributed by atoms with Crippen LogP contribution in [0.15, 0.2) is 28.9 Å². The zero-order valence-electron chi connectivity index (χ0n) is 16.1. The van der Waals surface area contributed by atoms with Gasteiger partial charge in [-0.3, -0.25) is 0 Å². The number of carbonyl (C=O) groups is 2. The van der Waals surface area contributed by atoms with E-state index < -0.39 is 21.8 Å². The van der Waals surface area contributed by atoms with E-state index in [0.29, 0.717) is 11.8 Å². The first kappa shape index (κ1) is 24.7. The fraction of sp³-hybridized carbons (Fsp3) is 0.375. The second-order valence-electron chi connectivity index (χ2n) is 5.03. The Bertz CT molecular complexity index is 954. The highest BCUT2D eigenvalue weighted by Crippen LogP contribution is 2.17. The molecular weight excluding hydrogens is 444 g/mol. The lowest BCUT2D eigenvalue weighted by Crippen LogP contribution is -2.09. The monoisotopic (exact) mass is 462 g/mol. The third kappa shape index (κ3) is 7.91. The number of thioether (sulfide) groups is 1. The van der Waals surface area contributed by atoms with Crippen LogP contribution in [-0.4, -0.2) is 66.0 Å². The maximum absolute atomic E-state index is 11.3. The highest BCUT2D eigenvalue weighted by molar-refractivity contribution is 7.98. The van der Waals surface area contributed by atoms with Crippen LogP contribution in [0.25, 0.3) is 0 Å². The minimum atomic E-state index is -3.43. The van der Waals surface area contributed by atoms with Crippen LogP contribution in [0.1, 0.15) is 34.6 Å². The molecule has 0 amide bonds. The molecule has 13 heteroatoms. The molecule has 29 heavy (non-hydrogen) atoms. The molecule has 10 nitrogen and oxygen atoms in total. The number of halogens is 1. The van der Waals surface area contributed by atoms with Crippen molar-refractivity contribution in [2.45, 2.75) is 24.2 Å². The van der Waals surface area contributed by atoms with Crippen molar-refractivity contribution in [3.05, 3.63) is 34.9 Å². The summed E-state index contributed by atoms with van der Waals surface area (Å²) in [6, 6.07) is 0. The summed E-state index contributed by atoms with van der Waals surface area (Å²) in [6.07, 6.45) is 6.45. The molecule has 2 heterocycles. The van der Waals surface area contributed by atoms with Gasteiger partial charge in [-0.25, -0.2) is 37.9 Å². The van der Waals surface area contributed by atoms with Crippen LogP contribution in [-0.2, 0) is 19.3 Å². The Morgan fingerprint density at radius 2 is 1.59 bits per heavy atom. The fourth-order valence-electron chi connectivity index (χ4n) is 1.62. The average molecular weight is 463 g/mol. The van der Waals surface area contributed by atoms with Gasteiger partial charge in [0, 0.05) is 24.8 Å². The van der Waals surface area contributed by atoms with Gasteiger partial charge in [0.15, 0.2) is 5.16 Å². The molecule has 0 unspecified atom stereocenters. The van der Waals surface area contributed by atoms with Crippen molar-refractivity contribution in [3.8, 4) is 0 Å². The molecule has 0 saturated carbocycles. The molecule has 0 aromatic carbocycles. The van der Waals surface area contributed by atoms with E-state index in [4.69, 9.17) is 16.3 Å². The van der Waals surface area contributed by atoms with Crippen molar-refractivity contribution in [2.24, 2.45) is 0 Å². The number of sulfone groups is 1. The van der Waals surface area contributed by atoms with Gasteiger partial charge in [0.2, 0.25) is 15.0 Å². The lowest BCUT2D eigenvalue weighted by Gasteiger charge is -2.03. The minimum absolute atomic E-state index is 0.128. The number of esters is 2. The van der Waals surface area contributed by atoms with Gasteiger partial charge in [0.05, 0.1) is 18.8 Å². The van der Waals surface area contributed by atoms with Gasteiger partial charge >= 0.3 is 11.9 Å². The third-order valence-corrected chi connectivity index (χ3v) is 4.59. The zero-order valence-corrected chi connectivity index (χ0v) is 18.5. The predicted molar refractivity (Wildman–Crippen MR) is 106 cm³/mol. The van der Waals surface area contributed by atoms with E-state index in [1.165, 1.54) is 18.0 Å². The van der Waals surface area contributed by atoms with Crippen LogP contribution < -0.4 is 0 Å². The Kier molecular flexibility index (Phi) is 9.92. The fourth-order valence-corrected chi connectivity index (χ4v) is 2.70. The number of hydrogen-bond donors (Lipinski definition) is 0. The van der Waals surface area contributed by atoms with Crippen LogP contribution in [0.3, 0.4) is 0 Å². The van der Waals surface area contributed by atoms with Gasteiger partial charge in [-0.2, -0.15) is 0 Å². The van der Waals surface area contributed by atoms with E-state index in [9.17, 15) is 18.0 Å². The molecule has 2 aromatic heterocycles. The maximum Gasteiger partial charge on any atom is 0.342 e. The Morgan fingerprint density at radius 1 is 1.03 bits per heavy atom. The highest BCUT2D eigenvalue weighted by atomic mass is 35.5.